The number of nitrogens with one attached hydrogen (secondary N) is 1. The van der Waals surface area contributed by atoms with Crippen molar-refractivity contribution in [3.05, 3.63) is 0 Å². The predicted molar refractivity (Wildman–Crippen MR) is 64.8 cm³/mol. The molecule has 0 aromatic carbocycles. The number of carbonyl (C=O) groups is 2. The molecule has 0 rings (SSSR count). The van der Waals surface area contributed by atoms with E-state index in [9.17, 15) is 9.59 Å². The molecule has 0 saturated heterocycles. The van der Waals surface area contributed by atoms with E-state index in [1.807, 2.05) is 27.7 Å². The maximum Gasteiger partial charge on any atom is 0.407 e. The van der Waals surface area contributed by atoms with E-state index >= 15 is 0 Å². The Kier molecular flexibility index (Phi) is 7.34. The zero-order valence-electron chi connectivity index (χ0n) is 11.0. The Balaban J connectivity index is 3.95. The zero-order valence-corrected chi connectivity index (χ0v) is 11.0. The summed E-state index contributed by atoms with van der Waals surface area (Å²) in [6, 6.07) is 0. The van der Waals surface area contributed by atoms with Crippen molar-refractivity contribution < 1.29 is 19.4 Å². The van der Waals surface area contributed by atoms with Crippen LogP contribution in [0.25, 0.3) is 0 Å². The van der Waals surface area contributed by atoms with Crippen LogP contribution in [0.2, 0.25) is 0 Å². The van der Waals surface area contributed by atoms with Gasteiger partial charge in [0.2, 0.25) is 0 Å². The average Bonchev–Trinajstić information content (AvgIpc) is 2.20. The highest BCUT2D eigenvalue weighted by molar-refractivity contribution is 5.72. The Morgan fingerprint density at radius 1 is 1.18 bits per heavy atom. The Bertz CT molecular complexity index is 251. The van der Waals surface area contributed by atoms with Gasteiger partial charge in [-0.15, -0.1) is 0 Å². The molecule has 0 bridgehead atoms. The molecule has 2 N–H and O–H groups in total. The van der Waals surface area contributed by atoms with E-state index in [0.717, 1.165) is 0 Å². The first-order valence-corrected chi connectivity index (χ1v) is 5.96. The topological polar surface area (TPSA) is 75.6 Å². The molecule has 17 heavy (non-hydrogen) atoms. The number of rotatable bonds is 7. The van der Waals surface area contributed by atoms with Crippen molar-refractivity contribution in [1.29, 1.82) is 0 Å². The van der Waals surface area contributed by atoms with Crippen LogP contribution in [0.1, 0.15) is 34.1 Å². The fourth-order valence-electron chi connectivity index (χ4n) is 1.34. The summed E-state index contributed by atoms with van der Waals surface area (Å²) in [5.41, 5.74) is 0. The molecule has 0 aliphatic carbocycles. The van der Waals surface area contributed by atoms with Crippen molar-refractivity contribution >= 4 is 12.1 Å². The number of hydrogen-bond donors (Lipinski definition) is 2. The van der Waals surface area contributed by atoms with Crippen LogP contribution >= 0.6 is 0 Å². The molecule has 1 amide bonds. The third kappa shape index (κ3) is 8.54. The number of carbonyl (C=O) groups excluding carboxylic acids is 1. The zero-order chi connectivity index (χ0) is 13.4. The van der Waals surface area contributed by atoms with Crippen molar-refractivity contribution in [1.82, 2.24) is 5.32 Å². The van der Waals surface area contributed by atoms with Crippen molar-refractivity contribution in [2.24, 2.45) is 17.8 Å². The lowest BCUT2D eigenvalue weighted by molar-refractivity contribution is -0.142. The molecule has 1 unspecified atom stereocenters. The minimum atomic E-state index is -0.886. The maximum atomic E-state index is 11.2. The standard InChI is InChI=1S/C12H23NO4/c1-8(2)5-10(11(14)15)6-13-12(16)17-7-9(3)4/h8-10H,5-7H2,1-4H3,(H,13,16)(H,14,15). The fraction of sp³-hybridized carbons (Fsp3) is 0.833. The van der Waals surface area contributed by atoms with E-state index in [0.29, 0.717) is 13.0 Å². The van der Waals surface area contributed by atoms with Crippen LogP contribution in [-0.2, 0) is 9.53 Å². The maximum absolute atomic E-state index is 11.2. The Morgan fingerprint density at radius 2 is 1.76 bits per heavy atom. The molecule has 0 aromatic heterocycles. The fourth-order valence-corrected chi connectivity index (χ4v) is 1.34. The summed E-state index contributed by atoms with van der Waals surface area (Å²) in [7, 11) is 0. The smallest absolute Gasteiger partial charge is 0.407 e. The lowest BCUT2D eigenvalue weighted by Gasteiger charge is -2.15. The highest BCUT2D eigenvalue weighted by Gasteiger charge is 2.19. The van der Waals surface area contributed by atoms with Gasteiger partial charge in [0, 0.05) is 6.54 Å². The Hall–Kier alpha value is -1.26. The van der Waals surface area contributed by atoms with Gasteiger partial charge in [0.25, 0.3) is 0 Å². The highest BCUT2D eigenvalue weighted by Crippen LogP contribution is 2.11. The summed E-state index contributed by atoms with van der Waals surface area (Å²) in [6.45, 7) is 8.23. The molecule has 0 saturated carbocycles. The summed E-state index contributed by atoms with van der Waals surface area (Å²) in [4.78, 5) is 22.2. The molecule has 0 aliphatic heterocycles. The third-order valence-corrected chi connectivity index (χ3v) is 2.15. The second kappa shape index (κ2) is 7.92. The van der Waals surface area contributed by atoms with Gasteiger partial charge in [-0.05, 0) is 18.3 Å². The first kappa shape index (κ1) is 15.7. The van der Waals surface area contributed by atoms with Gasteiger partial charge in [0.1, 0.15) is 0 Å². The lowest BCUT2D eigenvalue weighted by Crippen LogP contribution is -2.34. The Morgan fingerprint density at radius 3 is 2.18 bits per heavy atom. The minimum absolute atomic E-state index is 0.116. The molecule has 5 heteroatoms. The van der Waals surface area contributed by atoms with Gasteiger partial charge in [0.15, 0.2) is 0 Å². The highest BCUT2D eigenvalue weighted by atomic mass is 16.5. The third-order valence-electron chi connectivity index (χ3n) is 2.15. The van der Waals surface area contributed by atoms with Gasteiger partial charge in [-0.3, -0.25) is 4.79 Å². The van der Waals surface area contributed by atoms with Crippen molar-refractivity contribution in [3.8, 4) is 0 Å². The number of amides is 1. The van der Waals surface area contributed by atoms with E-state index in [1.165, 1.54) is 0 Å². The predicted octanol–water partition coefficient (Wildman–Crippen LogP) is 2.12. The van der Waals surface area contributed by atoms with Gasteiger partial charge in [0.05, 0.1) is 12.5 Å². The molecule has 0 aliphatic rings. The monoisotopic (exact) mass is 245 g/mol. The number of alkyl carbamates (subject to hydrolysis) is 1. The number of carboxylic acid groups (broad SMARTS) is 1. The van der Waals surface area contributed by atoms with Crippen LogP contribution in [0, 0.1) is 17.8 Å². The molecule has 0 spiro atoms. The molecular weight excluding hydrogens is 222 g/mol. The van der Waals surface area contributed by atoms with Crippen molar-refractivity contribution in [2.45, 2.75) is 34.1 Å². The normalized spacial score (nSPS) is 12.6. The summed E-state index contributed by atoms with van der Waals surface area (Å²) in [5.74, 6) is -0.888. The first-order valence-electron chi connectivity index (χ1n) is 5.96. The van der Waals surface area contributed by atoms with Gasteiger partial charge in [-0.25, -0.2) is 4.79 Å². The largest absolute Gasteiger partial charge is 0.481 e. The second-order valence-corrected chi connectivity index (χ2v) is 5.04. The summed E-state index contributed by atoms with van der Waals surface area (Å²) >= 11 is 0. The Labute approximate surface area is 103 Å². The van der Waals surface area contributed by atoms with Gasteiger partial charge in [-0.2, -0.15) is 0 Å². The summed E-state index contributed by atoms with van der Waals surface area (Å²) < 4.78 is 4.90. The van der Waals surface area contributed by atoms with E-state index < -0.39 is 18.0 Å². The molecule has 0 aromatic rings. The van der Waals surface area contributed by atoms with Crippen LogP contribution in [0.4, 0.5) is 4.79 Å². The number of hydrogen-bond acceptors (Lipinski definition) is 3. The second-order valence-electron chi connectivity index (χ2n) is 5.04. The van der Waals surface area contributed by atoms with E-state index in [1.54, 1.807) is 0 Å². The number of carboxylic acids is 1. The molecule has 0 heterocycles. The molecule has 0 fully saturated rings. The molecular formula is C12H23NO4. The quantitative estimate of drug-likeness (QED) is 0.720. The van der Waals surface area contributed by atoms with E-state index in [2.05, 4.69) is 5.32 Å². The summed E-state index contributed by atoms with van der Waals surface area (Å²) in [6.07, 6.45) is -0.00603. The molecule has 1 atom stereocenters. The van der Waals surface area contributed by atoms with Crippen LogP contribution in [0.5, 0.6) is 0 Å². The van der Waals surface area contributed by atoms with E-state index in [-0.39, 0.29) is 18.4 Å². The molecule has 100 valence electrons. The molecule has 0 radical (unpaired) electrons. The minimum Gasteiger partial charge on any atom is -0.481 e. The first-order chi connectivity index (χ1) is 7.82. The van der Waals surface area contributed by atoms with Crippen LogP contribution < -0.4 is 5.32 Å². The van der Waals surface area contributed by atoms with Crippen LogP contribution in [0.3, 0.4) is 0 Å². The van der Waals surface area contributed by atoms with Crippen molar-refractivity contribution in [2.75, 3.05) is 13.2 Å². The van der Waals surface area contributed by atoms with Gasteiger partial charge in [-0.1, -0.05) is 27.7 Å². The van der Waals surface area contributed by atoms with Crippen LogP contribution in [0.15, 0.2) is 0 Å². The molecule has 5 nitrogen and oxygen atoms in total. The van der Waals surface area contributed by atoms with Crippen molar-refractivity contribution in [3.63, 3.8) is 0 Å². The average molecular weight is 245 g/mol. The number of aliphatic carboxylic acids is 1. The van der Waals surface area contributed by atoms with E-state index in [4.69, 9.17) is 9.84 Å². The lowest BCUT2D eigenvalue weighted by atomic mass is 9.97. The summed E-state index contributed by atoms with van der Waals surface area (Å²) in [5, 5.41) is 11.4. The van der Waals surface area contributed by atoms with Gasteiger partial charge < -0.3 is 15.2 Å². The SMILES string of the molecule is CC(C)COC(=O)NCC(CC(C)C)C(=O)O. The van der Waals surface area contributed by atoms with Gasteiger partial charge >= 0.3 is 12.1 Å². The number of ether oxygens (including phenoxy) is 1. The van der Waals surface area contributed by atoms with Crippen LogP contribution in [-0.4, -0.2) is 30.3 Å².